The van der Waals surface area contributed by atoms with Crippen molar-refractivity contribution >= 4 is 54.9 Å². The van der Waals surface area contributed by atoms with Gasteiger partial charge in [0.25, 0.3) is 19.9 Å². The van der Waals surface area contributed by atoms with Crippen LogP contribution in [0.25, 0.3) is 11.1 Å². The molecule has 2 fully saturated rings. The van der Waals surface area contributed by atoms with E-state index < -0.39 is 41.2 Å². The zero-order chi connectivity index (χ0) is 45.8. The van der Waals surface area contributed by atoms with Crippen molar-refractivity contribution in [2.24, 2.45) is 0 Å². The van der Waals surface area contributed by atoms with Crippen LogP contribution in [0.2, 0.25) is 5.02 Å². The first-order valence-electron chi connectivity index (χ1n) is 22.0. The van der Waals surface area contributed by atoms with Gasteiger partial charge in [-0.3, -0.25) is 14.5 Å². The minimum Gasteiger partial charge on any atom is -0.308 e. The Hall–Kier alpha value is -4.23. The topological polar surface area (TPSA) is 119 Å². The van der Waals surface area contributed by atoms with Gasteiger partial charge in [-0.2, -0.15) is 13.2 Å². The van der Waals surface area contributed by atoms with Crippen LogP contribution in [0.3, 0.4) is 0 Å². The lowest BCUT2D eigenvalue weighted by Crippen LogP contribution is -2.46. The predicted molar refractivity (Wildman–Crippen MR) is 251 cm³/mol. The highest BCUT2D eigenvalue weighted by Crippen LogP contribution is 2.42. The lowest BCUT2D eigenvalue weighted by atomic mass is 9.96. The molecule has 4 aromatic carbocycles. The highest BCUT2D eigenvalue weighted by atomic mass is 35.5. The quantitative estimate of drug-likeness (QED) is 0.101. The SMILES string of the molecule is C[C@H](CCN1CCCCC1)N(Sc1ccccc1)c1ccc(S(=O)(=O)Nc2ncnc3c2CCN(C2CCN(Cc4ccccc4-c4ccc(Cl)cc4)CC2)C3)cc1S(=O)(=O)C(F)(F)F. The lowest BCUT2D eigenvalue weighted by molar-refractivity contribution is -0.0435. The molecule has 0 bridgehead atoms. The predicted octanol–water partition coefficient (Wildman–Crippen LogP) is 9.69. The van der Waals surface area contributed by atoms with Crippen LogP contribution in [-0.4, -0.2) is 98.4 Å². The molecule has 346 valence electrons. The minimum absolute atomic E-state index is 0.0146. The van der Waals surface area contributed by atoms with Gasteiger partial charge in [0.1, 0.15) is 17.0 Å². The second-order valence-corrected chi connectivity index (χ2v) is 22.1. The zero-order valence-electron chi connectivity index (χ0n) is 36.1. The molecule has 4 heterocycles. The van der Waals surface area contributed by atoms with Crippen molar-refractivity contribution < 1.29 is 30.0 Å². The molecule has 1 N–H and O–H groups in total. The van der Waals surface area contributed by atoms with E-state index in [1.54, 1.807) is 28.6 Å². The minimum atomic E-state index is -6.03. The largest absolute Gasteiger partial charge is 0.501 e. The van der Waals surface area contributed by atoms with Crippen LogP contribution < -0.4 is 9.03 Å². The Labute approximate surface area is 389 Å². The first kappa shape index (κ1) is 47.3. The lowest BCUT2D eigenvalue weighted by Gasteiger charge is -2.40. The van der Waals surface area contributed by atoms with Gasteiger partial charge in [-0.15, -0.1) is 0 Å². The van der Waals surface area contributed by atoms with Gasteiger partial charge in [0.05, 0.1) is 16.3 Å². The Morgan fingerprint density at radius 1 is 0.846 bits per heavy atom. The molecule has 8 rings (SSSR count). The fourth-order valence-electron chi connectivity index (χ4n) is 9.04. The van der Waals surface area contributed by atoms with Crippen molar-refractivity contribution in [1.29, 1.82) is 0 Å². The van der Waals surface area contributed by atoms with Gasteiger partial charge in [0, 0.05) is 53.7 Å². The summed E-state index contributed by atoms with van der Waals surface area (Å²) in [4.78, 5) is 14.8. The number of sulfone groups is 1. The molecule has 5 aromatic rings. The Bertz CT molecular complexity index is 2650. The number of likely N-dealkylation sites (tertiary alicyclic amines) is 2. The average molecular weight is 969 g/mol. The summed E-state index contributed by atoms with van der Waals surface area (Å²) in [6.45, 7) is 8.09. The highest BCUT2D eigenvalue weighted by Gasteiger charge is 2.49. The number of rotatable bonds is 15. The maximum Gasteiger partial charge on any atom is 0.501 e. The van der Waals surface area contributed by atoms with Gasteiger partial charge in [-0.05, 0) is 143 Å². The summed E-state index contributed by atoms with van der Waals surface area (Å²) in [6, 6.07) is 28.0. The molecule has 0 unspecified atom stereocenters. The summed E-state index contributed by atoms with van der Waals surface area (Å²) in [5.74, 6) is 0.0146. The van der Waals surface area contributed by atoms with Gasteiger partial charge in [0.2, 0.25) is 0 Å². The van der Waals surface area contributed by atoms with E-state index in [1.807, 2.05) is 43.3 Å². The number of sulfonamides is 1. The Morgan fingerprint density at radius 3 is 2.28 bits per heavy atom. The maximum absolute atomic E-state index is 14.5. The van der Waals surface area contributed by atoms with Crippen molar-refractivity contribution in [3.63, 3.8) is 0 Å². The number of anilines is 2. The number of alkyl halides is 3. The van der Waals surface area contributed by atoms with Gasteiger partial charge in [-0.1, -0.05) is 72.6 Å². The molecule has 11 nitrogen and oxygen atoms in total. The van der Waals surface area contributed by atoms with E-state index in [2.05, 4.69) is 47.6 Å². The molecule has 1 aromatic heterocycles. The van der Waals surface area contributed by atoms with E-state index in [1.165, 1.54) is 17.5 Å². The van der Waals surface area contributed by atoms with Gasteiger partial charge in [-0.25, -0.2) is 26.8 Å². The monoisotopic (exact) mass is 967 g/mol. The molecule has 3 aliphatic heterocycles. The van der Waals surface area contributed by atoms with Crippen LogP contribution in [0.15, 0.2) is 118 Å². The molecule has 0 spiro atoms. The molecule has 0 aliphatic carbocycles. The smallest absolute Gasteiger partial charge is 0.308 e. The van der Waals surface area contributed by atoms with Gasteiger partial charge >= 0.3 is 5.51 Å². The molecule has 65 heavy (non-hydrogen) atoms. The van der Waals surface area contributed by atoms with E-state index >= 15 is 0 Å². The van der Waals surface area contributed by atoms with Crippen molar-refractivity contribution in [2.75, 3.05) is 48.3 Å². The number of nitrogens with zero attached hydrogens (tertiary/aromatic N) is 6. The fraction of sp³-hybridized carbons (Fsp3) is 0.404. The number of piperidine rings is 2. The van der Waals surface area contributed by atoms with Crippen LogP contribution in [0.1, 0.15) is 62.3 Å². The van der Waals surface area contributed by atoms with E-state index in [-0.39, 0.29) is 11.5 Å². The van der Waals surface area contributed by atoms with Crippen molar-refractivity contribution in [1.82, 2.24) is 24.7 Å². The molecular weight excluding hydrogens is 915 g/mol. The maximum atomic E-state index is 14.5. The van der Waals surface area contributed by atoms with Crippen LogP contribution >= 0.6 is 23.5 Å². The number of fused-ring (bicyclic) bond motifs is 1. The first-order valence-corrected chi connectivity index (χ1v) is 26.1. The first-order chi connectivity index (χ1) is 31.2. The third-order valence-corrected chi connectivity index (χ3v) is 17.0. The van der Waals surface area contributed by atoms with Crippen LogP contribution in [-0.2, 0) is 39.4 Å². The number of hydrogen-bond donors (Lipinski definition) is 1. The van der Waals surface area contributed by atoms with Gasteiger partial charge in [0.15, 0.2) is 0 Å². The average Bonchev–Trinajstić information content (AvgIpc) is 3.31. The van der Waals surface area contributed by atoms with Crippen molar-refractivity contribution in [3.8, 4) is 11.1 Å². The summed E-state index contributed by atoms with van der Waals surface area (Å²) in [7, 11) is -10.7. The standard InChI is InChI=1S/C47H53ClF3N7O4S3/c1-34(20-26-55-24-8-3-9-25-55)58(63-39-11-4-2-5-12-39)44-19-18-40(30-45(44)64(59,60)47(49,50)51)65(61,62)54-46-42-23-29-57(32-43(42)52-33-53-46)38-21-27-56(28-22-38)31-36-10-6-7-13-41(36)35-14-16-37(48)17-15-35/h2,4-7,10-19,30,33-34,38H,3,8-9,20-29,31-32H2,1H3,(H,52,53,54)/t34-/m1/s1. The molecule has 0 radical (unpaired) electrons. The molecule has 3 aliphatic rings. The number of aromatic nitrogens is 2. The number of nitrogens with one attached hydrogen (secondary N) is 1. The zero-order valence-corrected chi connectivity index (χ0v) is 39.3. The third kappa shape index (κ3) is 11.1. The van der Waals surface area contributed by atoms with E-state index in [9.17, 15) is 30.0 Å². The molecule has 18 heteroatoms. The Kier molecular flexibility index (Phi) is 14.8. The molecule has 0 amide bonds. The summed E-state index contributed by atoms with van der Waals surface area (Å²) in [6.07, 6.45) is 7.41. The summed E-state index contributed by atoms with van der Waals surface area (Å²) in [5, 5.41) is 0.698. The summed E-state index contributed by atoms with van der Waals surface area (Å²) >= 11 is 7.26. The van der Waals surface area contributed by atoms with Crippen molar-refractivity contribution in [2.45, 2.75) is 97.2 Å². The summed E-state index contributed by atoms with van der Waals surface area (Å²) < 4.78 is 103. The van der Waals surface area contributed by atoms with Crippen LogP contribution in [0.5, 0.6) is 0 Å². The fourth-order valence-corrected chi connectivity index (χ4v) is 12.4. The Morgan fingerprint density at radius 2 is 1.55 bits per heavy atom. The molecule has 0 saturated carbocycles. The second-order valence-electron chi connectivity index (χ2n) is 17.0. The van der Waals surface area contributed by atoms with Crippen molar-refractivity contribution in [3.05, 3.63) is 125 Å². The Balaban J connectivity index is 0.984. The molecule has 1 atom stereocenters. The third-order valence-electron chi connectivity index (χ3n) is 12.6. The summed E-state index contributed by atoms with van der Waals surface area (Å²) in [5.41, 5.74) is -1.15. The molecule has 2 saturated heterocycles. The van der Waals surface area contributed by atoms with E-state index in [0.717, 1.165) is 94.5 Å². The van der Waals surface area contributed by atoms with Crippen LogP contribution in [0.4, 0.5) is 24.7 Å². The highest BCUT2D eigenvalue weighted by molar-refractivity contribution is 8.00. The number of halogens is 4. The molecular formula is C47H53ClF3N7O4S3. The normalized spacial score (nSPS) is 17.7. The van der Waals surface area contributed by atoms with E-state index in [0.29, 0.717) is 65.8 Å². The number of benzene rings is 4. The van der Waals surface area contributed by atoms with Gasteiger partial charge < -0.3 is 9.21 Å². The van der Waals surface area contributed by atoms with E-state index in [4.69, 9.17) is 11.6 Å². The second kappa shape index (κ2) is 20.3. The number of hydrogen-bond acceptors (Lipinski definition) is 11. The van der Waals surface area contributed by atoms with Crippen LogP contribution in [0, 0.1) is 0 Å².